The van der Waals surface area contributed by atoms with E-state index in [4.69, 9.17) is 10.9 Å². The van der Waals surface area contributed by atoms with Gasteiger partial charge in [0.25, 0.3) is 0 Å². The average molecular weight is 270 g/mol. The summed E-state index contributed by atoms with van der Waals surface area (Å²) in [5.41, 5.74) is 6.71. The Morgan fingerprint density at radius 1 is 1.56 bits per heavy atom. The fourth-order valence-electron chi connectivity index (χ4n) is 1.68. The Bertz CT molecular complexity index is 397. The highest BCUT2D eigenvalue weighted by Crippen LogP contribution is 2.18. The molecule has 3 N–H and O–H groups in total. The maximum atomic E-state index is 8.65. The van der Waals surface area contributed by atoms with E-state index in [0.29, 0.717) is 0 Å². The van der Waals surface area contributed by atoms with E-state index < -0.39 is 0 Å². The number of hydrogen-bond donors (Lipinski definition) is 2. The summed E-state index contributed by atoms with van der Waals surface area (Å²) >= 11 is 1.74. The van der Waals surface area contributed by atoms with Crippen molar-refractivity contribution < 1.29 is 5.21 Å². The van der Waals surface area contributed by atoms with Gasteiger partial charge in [-0.2, -0.15) is 0 Å². The fraction of sp³-hybridized carbons (Fsp3) is 0.667. The van der Waals surface area contributed by atoms with Crippen molar-refractivity contribution in [3.05, 3.63) is 15.6 Å². The van der Waals surface area contributed by atoms with Crippen molar-refractivity contribution in [1.29, 1.82) is 0 Å². The van der Waals surface area contributed by atoms with E-state index in [9.17, 15) is 0 Å². The van der Waals surface area contributed by atoms with Crippen LogP contribution < -0.4 is 5.73 Å². The first kappa shape index (κ1) is 14.9. The van der Waals surface area contributed by atoms with E-state index in [1.807, 2.05) is 13.8 Å². The number of aromatic nitrogens is 1. The molecule has 0 saturated carbocycles. The van der Waals surface area contributed by atoms with Crippen molar-refractivity contribution in [2.75, 3.05) is 13.1 Å². The Hall–Kier alpha value is -1.14. The minimum atomic E-state index is 0.0390. The minimum absolute atomic E-state index is 0.0390. The van der Waals surface area contributed by atoms with Crippen LogP contribution in [0.3, 0.4) is 0 Å². The Morgan fingerprint density at radius 3 is 2.67 bits per heavy atom. The standard InChI is InChI=1S/C12H22N4OS/c1-5-16(6-8(2)12(13)15-17)7-11-14-9(3)10(4)18-11/h8,17H,5-7H2,1-4H3,(H2,13,15). The molecule has 0 amide bonds. The molecule has 0 spiro atoms. The second-order valence-corrected chi connectivity index (χ2v) is 5.79. The molecule has 1 atom stereocenters. The summed E-state index contributed by atoms with van der Waals surface area (Å²) in [6, 6.07) is 0. The molecule has 0 fully saturated rings. The predicted molar refractivity (Wildman–Crippen MR) is 75.1 cm³/mol. The van der Waals surface area contributed by atoms with Crippen LogP contribution in [0.4, 0.5) is 0 Å². The third-order valence-corrected chi connectivity index (χ3v) is 4.09. The molecule has 5 nitrogen and oxygen atoms in total. The summed E-state index contributed by atoms with van der Waals surface area (Å²) in [7, 11) is 0. The van der Waals surface area contributed by atoms with Crippen LogP contribution in [0, 0.1) is 19.8 Å². The van der Waals surface area contributed by atoms with Gasteiger partial charge in [-0.15, -0.1) is 11.3 Å². The van der Waals surface area contributed by atoms with Gasteiger partial charge in [0.15, 0.2) is 0 Å². The summed E-state index contributed by atoms with van der Waals surface area (Å²) in [5, 5.41) is 12.8. The highest BCUT2D eigenvalue weighted by Gasteiger charge is 2.14. The minimum Gasteiger partial charge on any atom is -0.409 e. The smallest absolute Gasteiger partial charge is 0.143 e. The number of thiazole rings is 1. The predicted octanol–water partition coefficient (Wildman–Crippen LogP) is 1.96. The third-order valence-electron chi connectivity index (χ3n) is 3.03. The summed E-state index contributed by atoms with van der Waals surface area (Å²) in [6.07, 6.45) is 0. The van der Waals surface area contributed by atoms with Crippen LogP contribution in [0.5, 0.6) is 0 Å². The SMILES string of the molecule is CCN(Cc1nc(C)c(C)s1)CC(C)C(N)=NO. The lowest BCUT2D eigenvalue weighted by Crippen LogP contribution is -2.34. The first-order chi connectivity index (χ1) is 8.47. The number of nitrogens with two attached hydrogens (primary N) is 1. The molecule has 1 heterocycles. The lowest BCUT2D eigenvalue weighted by Gasteiger charge is -2.22. The van der Waals surface area contributed by atoms with E-state index in [-0.39, 0.29) is 11.8 Å². The zero-order valence-electron chi connectivity index (χ0n) is 11.5. The second-order valence-electron chi connectivity index (χ2n) is 4.50. The number of rotatable bonds is 6. The molecule has 1 aromatic heterocycles. The van der Waals surface area contributed by atoms with Crippen molar-refractivity contribution in [3.8, 4) is 0 Å². The van der Waals surface area contributed by atoms with Crippen LogP contribution in [-0.4, -0.2) is 34.0 Å². The summed E-state index contributed by atoms with van der Waals surface area (Å²) in [5.74, 6) is 0.317. The largest absolute Gasteiger partial charge is 0.409 e. The van der Waals surface area contributed by atoms with Gasteiger partial charge in [-0.3, -0.25) is 4.90 Å². The molecule has 0 saturated heterocycles. The van der Waals surface area contributed by atoms with Gasteiger partial charge in [0, 0.05) is 17.3 Å². The molecule has 1 aromatic rings. The molecular weight excluding hydrogens is 248 g/mol. The van der Waals surface area contributed by atoms with Crippen molar-refractivity contribution in [1.82, 2.24) is 9.88 Å². The molecule has 102 valence electrons. The van der Waals surface area contributed by atoms with Gasteiger partial charge in [-0.05, 0) is 20.4 Å². The summed E-state index contributed by atoms with van der Waals surface area (Å²) < 4.78 is 0. The number of oxime groups is 1. The third kappa shape index (κ3) is 3.96. The molecule has 1 rings (SSSR count). The monoisotopic (exact) mass is 270 g/mol. The molecule has 6 heteroatoms. The van der Waals surface area contributed by atoms with Crippen molar-refractivity contribution in [3.63, 3.8) is 0 Å². The lowest BCUT2D eigenvalue weighted by molar-refractivity contribution is 0.257. The van der Waals surface area contributed by atoms with Crippen LogP contribution in [0.2, 0.25) is 0 Å². The van der Waals surface area contributed by atoms with E-state index in [1.54, 1.807) is 11.3 Å². The number of aryl methyl sites for hydroxylation is 2. The topological polar surface area (TPSA) is 74.7 Å². The summed E-state index contributed by atoms with van der Waals surface area (Å²) in [4.78, 5) is 8.06. The second kappa shape index (κ2) is 6.70. The van der Waals surface area contributed by atoms with Crippen LogP contribution in [0.15, 0.2) is 5.16 Å². The normalized spacial score (nSPS) is 14.2. The van der Waals surface area contributed by atoms with Gasteiger partial charge in [0.2, 0.25) is 0 Å². The van der Waals surface area contributed by atoms with Crippen LogP contribution in [0.1, 0.15) is 29.4 Å². The van der Waals surface area contributed by atoms with Crippen molar-refractivity contribution in [2.24, 2.45) is 16.8 Å². The van der Waals surface area contributed by atoms with Gasteiger partial charge < -0.3 is 10.9 Å². The van der Waals surface area contributed by atoms with Crippen LogP contribution in [-0.2, 0) is 6.54 Å². The molecule has 0 aliphatic heterocycles. The van der Waals surface area contributed by atoms with Gasteiger partial charge in [-0.1, -0.05) is 19.0 Å². The highest BCUT2D eigenvalue weighted by atomic mass is 32.1. The van der Waals surface area contributed by atoms with Crippen LogP contribution >= 0.6 is 11.3 Å². The first-order valence-electron chi connectivity index (χ1n) is 6.10. The molecule has 0 aliphatic carbocycles. The average Bonchev–Trinajstić information content (AvgIpc) is 2.66. The van der Waals surface area contributed by atoms with E-state index in [0.717, 1.165) is 30.3 Å². The van der Waals surface area contributed by atoms with Gasteiger partial charge >= 0.3 is 0 Å². The Labute approximate surface area is 112 Å². The zero-order valence-corrected chi connectivity index (χ0v) is 12.3. The Morgan fingerprint density at radius 2 is 2.22 bits per heavy atom. The molecular formula is C12H22N4OS. The quantitative estimate of drug-likeness (QED) is 0.359. The molecule has 18 heavy (non-hydrogen) atoms. The number of amidine groups is 1. The molecule has 0 bridgehead atoms. The highest BCUT2D eigenvalue weighted by molar-refractivity contribution is 7.11. The molecule has 0 radical (unpaired) electrons. The first-order valence-corrected chi connectivity index (χ1v) is 6.92. The summed E-state index contributed by atoms with van der Waals surface area (Å²) in [6.45, 7) is 10.7. The lowest BCUT2D eigenvalue weighted by atomic mass is 10.1. The zero-order chi connectivity index (χ0) is 13.7. The molecule has 0 aliphatic rings. The Kier molecular flexibility index (Phi) is 5.55. The van der Waals surface area contributed by atoms with E-state index in [2.05, 4.69) is 28.9 Å². The number of hydrogen-bond acceptors (Lipinski definition) is 5. The Balaban J connectivity index is 2.62. The van der Waals surface area contributed by atoms with E-state index >= 15 is 0 Å². The maximum absolute atomic E-state index is 8.65. The maximum Gasteiger partial charge on any atom is 0.143 e. The number of nitrogens with zero attached hydrogens (tertiary/aromatic N) is 3. The van der Waals surface area contributed by atoms with Crippen molar-refractivity contribution in [2.45, 2.75) is 34.2 Å². The van der Waals surface area contributed by atoms with Gasteiger partial charge in [-0.25, -0.2) is 4.98 Å². The van der Waals surface area contributed by atoms with Gasteiger partial charge in [0.1, 0.15) is 10.8 Å². The molecule has 0 aromatic carbocycles. The molecule has 1 unspecified atom stereocenters. The van der Waals surface area contributed by atoms with E-state index in [1.165, 1.54) is 4.88 Å². The van der Waals surface area contributed by atoms with Crippen LogP contribution in [0.25, 0.3) is 0 Å². The fourth-order valence-corrected chi connectivity index (χ4v) is 2.66. The van der Waals surface area contributed by atoms with Crippen molar-refractivity contribution >= 4 is 17.2 Å². The van der Waals surface area contributed by atoms with Gasteiger partial charge in [0.05, 0.1) is 12.2 Å².